The zero-order valence-corrected chi connectivity index (χ0v) is 9.88. The van der Waals surface area contributed by atoms with Crippen molar-refractivity contribution in [2.24, 2.45) is 0 Å². The first-order chi connectivity index (χ1) is 7.45. The van der Waals surface area contributed by atoms with E-state index in [0.717, 1.165) is 17.4 Å². The second-order valence-corrected chi connectivity index (χ2v) is 5.85. The summed E-state index contributed by atoms with van der Waals surface area (Å²) in [6, 6.07) is 6.89. The van der Waals surface area contributed by atoms with Gasteiger partial charge in [-0.2, -0.15) is 0 Å². The molecule has 1 heterocycles. The van der Waals surface area contributed by atoms with Gasteiger partial charge in [-0.15, -0.1) is 13.2 Å². The second-order valence-electron chi connectivity index (χ2n) is 3.69. The Morgan fingerprint density at radius 3 is 2.50 bits per heavy atom. The van der Waals surface area contributed by atoms with Crippen LogP contribution in [0.3, 0.4) is 0 Å². The molecule has 0 aliphatic rings. The first-order valence-electron chi connectivity index (χ1n) is 5.06. The molecule has 1 aromatic heterocycles. The molecule has 1 unspecified atom stereocenters. The highest BCUT2D eigenvalue weighted by molar-refractivity contribution is 7.38. The third-order valence-electron chi connectivity index (χ3n) is 2.66. The number of aryl methyl sites for hydroxylation is 2. The van der Waals surface area contributed by atoms with Gasteiger partial charge in [0.05, 0.1) is 10.5 Å². The lowest BCUT2D eigenvalue weighted by Crippen LogP contribution is -1.96. The minimum Gasteiger partial charge on any atom is -0.118 e. The quantitative estimate of drug-likeness (QED) is 0.624. The number of thiophene rings is 1. The van der Waals surface area contributed by atoms with Gasteiger partial charge in [0.1, 0.15) is 0 Å². The molecule has 0 fully saturated rings. The summed E-state index contributed by atoms with van der Waals surface area (Å²) in [7, 11) is -1.72. The minimum absolute atomic E-state index is 0.420. The van der Waals surface area contributed by atoms with E-state index >= 15 is 0 Å². The fraction of sp³-hybridized carbons (Fsp3) is 0.333. The topological polar surface area (TPSA) is 0 Å². The van der Waals surface area contributed by atoms with E-state index < -0.39 is 16.0 Å². The van der Waals surface area contributed by atoms with E-state index in [9.17, 15) is 13.2 Å². The molecule has 0 bridgehead atoms. The number of fused-ring (bicyclic) bond motifs is 1. The van der Waals surface area contributed by atoms with Crippen LogP contribution in [0.5, 0.6) is 0 Å². The van der Waals surface area contributed by atoms with Gasteiger partial charge in [-0.3, -0.25) is 0 Å². The molecule has 0 saturated heterocycles. The summed E-state index contributed by atoms with van der Waals surface area (Å²) < 4.78 is 39.1. The average Bonchev–Trinajstić information content (AvgIpc) is 2.52. The number of benzene rings is 1. The van der Waals surface area contributed by atoms with Gasteiger partial charge in [0.15, 0.2) is 9.58 Å². The highest BCUT2D eigenvalue weighted by Gasteiger charge is 2.47. The summed E-state index contributed by atoms with van der Waals surface area (Å²) in [5, 5.41) is 0.781. The maximum Gasteiger partial charge on any atom is 0.600 e. The summed E-state index contributed by atoms with van der Waals surface area (Å²) >= 11 is 0. The Bertz CT molecular complexity index is 523. The van der Waals surface area contributed by atoms with E-state index in [0.29, 0.717) is 9.58 Å². The minimum atomic E-state index is -4.15. The second kappa shape index (κ2) is 3.77. The normalized spacial score (nSPS) is 13.4. The van der Waals surface area contributed by atoms with Crippen molar-refractivity contribution in [2.75, 3.05) is 0 Å². The summed E-state index contributed by atoms with van der Waals surface area (Å²) in [6.07, 6.45) is 0.766. The molecule has 16 heavy (non-hydrogen) atoms. The van der Waals surface area contributed by atoms with E-state index in [-0.39, 0.29) is 0 Å². The Labute approximate surface area is 94.7 Å². The maximum atomic E-state index is 12.9. The van der Waals surface area contributed by atoms with Crippen molar-refractivity contribution in [3.63, 3.8) is 0 Å². The average molecular weight is 245 g/mol. The van der Waals surface area contributed by atoms with Gasteiger partial charge in [0, 0.05) is 18.4 Å². The fourth-order valence-electron chi connectivity index (χ4n) is 1.98. The maximum absolute atomic E-state index is 12.9. The van der Waals surface area contributed by atoms with Crippen molar-refractivity contribution in [1.29, 1.82) is 0 Å². The molecule has 0 saturated carbocycles. The Balaban J connectivity index is 2.81. The Hall–Kier alpha value is -1.03. The number of rotatable bonds is 1. The van der Waals surface area contributed by atoms with Gasteiger partial charge in [-0.25, -0.2) is 0 Å². The molecular formula is C12H12F3S+. The molecule has 0 N–H and O–H groups in total. The van der Waals surface area contributed by atoms with Crippen LogP contribution in [0.15, 0.2) is 24.3 Å². The van der Waals surface area contributed by atoms with Gasteiger partial charge in [0.25, 0.3) is 0 Å². The Kier molecular flexibility index (Phi) is 2.70. The molecule has 86 valence electrons. The molecule has 0 nitrogen and oxygen atoms in total. The van der Waals surface area contributed by atoms with Gasteiger partial charge < -0.3 is 0 Å². The highest BCUT2D eigenvalue weighted by atomic mass is 32.2. The lowest BCUT2D eigenvalue weighted by molar-refractivity contribution is -0.0867. The Morgan fingerprint density at radius 2 is 1.94 bits per heavy atom. The lowest BCUT2D eigenvalue weighted by atomic mass is 10.1. The van der Waals surface area contributed by atoms with Crippen molar-refractivity contribution in [1.82, 2.24) is 0 Å². The summed E-state index contributed by atoms with van der Waals surface area (Å²) in [4.78, 5) is 0.420. The van der Waals surface area contributed by atoms with Gasteiger partial charge in [-0.05, 0) is 18.1 Å². The largest absolute Gasteiger partial charge is 0.600 e. The highest BCUT2D eigenvalue weighted by Crippen LogP contribution is 2.50. The number of alkyl halides is 3. The molecule has 2 rings (SSSR count). The fourth-order valence-corrected chi connectivity index (χ4v) is 3.80. The van der Waals surface area contributed by atoms with Gasteiger partial charge >= 0.3 is 5.51 Å². The van der Waals surface area contributed by atoms with E-state index in [4.69, 9.17) is 0 Å². The van der Waals surface area contributed by atoms with Crippen LogP contribution in [0.2, 0.25) is 0 Å². The van der Waals surface area contributed by atoms with Gasteiger partial charge in [-0.1, -0.05) is 19.1 Å². The van der Waals surface area contributed by atoms with E-state index in [1.165, 1.54) is 0 Å². The number of hydrogen-bond acceptors (Lipinski definition) is 0. The van der Waals surface area contributed by atoms with Crippen LogP contribution in [0.4, 0.5) is 13.2 Å². The first-order valence-corrected chi connectivity index (χ1v) is 6.29. The molecule has 0 spiro atoms. The predicted molar refractivity (Wildman–Crippen MR) is 61.8 cm³/mol. The van der Waals surface area contributed by atoms with Crippen LogP contribution >= 0.6 is 10.5 Å². The molecule has 0 aliphatic carbocycles. The molecule has 0 aliphatic heterocycles. The van der Waals surface area contributed by atoms with E-state index in [2.05, 4.69) is 0 Å². The van der Waals surface area contributed by atoms with Crippen molar-refractivity contribution in [3.8, 4) is 0 Å². The number of hydrogen-bond donors (Lipinski definition) is 0. The van der Waals surface area contributed by atoms with Crippen LogP contribution in [-0.4, -0.2) is 0 Å². The third kappa shape index (κ3) is 1.71. The van der Waals surface area contributed by atoms with Crippen LogP contribution in [-0.2, 0) is 11.9 Å². The van der Waals surface area contributed by atoms with Crippen LogP contribution in [0.1, 0.15) is 17.4 Å². The first kappa shape index (κ1) is 11.5. The zero-order valence-electron chi connectivity index (χ0n) is 9.06. The summed E-state index contributed by atoms with van der Waals surface area (Å²) in [5.74, 6) is 0. The molecular weight excluding hydrogens is 233 g/mol. The molecule has 2 aromatic rings. The monoisotopic (exact) mass is 245 g/mol. The molecule has 0 radical (unpaired) electrons. The van der Waals surface area contributed by atoms with Crippen LogP contribution < -0.4 is 0 Å². The summed E-state index contributed by atoms with van der Waals surface area (Å²) in [6.45, 7) is 3.53. The van der Waals surface area contributed by atoms with Crippen molar-refractivity contribution in [2.45, 2.75) is 25.8 Å². The SMILES string of the molecule is CCc1cccc2c1cc(C)[s+]2C(F)(F)F. The van der Waals surface area contributed by atoms with Crippen molar-refractivity contribution < 1.29 is 13.2 Å². The summed E-state index contributed by atoms with van der Waals surface area (Å²) in [5.41, 5.74) is -3.16. The lowest BCUT2D eigenvalue weighted by Gasteiger charge is -1.98. The van der Waals surface area contributed by atoms with Crippen LogP contribution in [0, 0.1) is 6.92 Å². The van der Waals surface area contributed by atoms with Gasteiger partial charge in [0.2, 0.25) is 0 Å². The zero-order chi connectivity index (χ0) is 11.9. The third-order valence-corrected chi connectivity index (χ3v) is 4.68. The van der Waals surface area contributed by atoms with Crippen molar-refractivity contribution >= 4 is 20.6 Å². The molecule has 0 amide bonds. The molecule has 1 aromatic carbocycles. The van der Waals surface area contributed by atoms with E-state index in [1.54, 1.807) is 25.1 Å². The smallest absolute Gasteiger partial charge is 0.118 e. The van der Waals surface area contributed by atoms with Crippen molar-refractivity contribution in [3.05, 3.63) is 34.7 Å². The van der Waals surface area contributed by atoms with E-state index in [1.807, 2.05) is 13.0 Å². The Morgan fingerprint density at radius 1 is 1.25 bits per heavy atom. The molecule has 4 heteroatoms. The predicted octanol–water partition coefficient (Wildman–Crippen LogP) is 4.94. The van der Waals surface area contributed by atoms with Crippen LogP contribution in [0.25, 0.3) is 10.1 Å². The molecule has 1 atom stereocenters. The number of halogens is 3. The standard InChI is InChI=1S/C12H12F3S/c1-3-9-5-4-6-11-10(9)7-8(2)16(11)12(13,14)15/h4-7H,3H2,1-2H3/q+1.